The van der Waals surface area contributed by atoms with E-state index in [-0.39, 0.29) is 12.4 Å². The maximum atomic E-state index is 12.2. The Bertz CT molecular complexity index is 1030. The van der Waals surface area contributed by atoms with Gasteiger partial charge in [0, 0.05) is 23.3 Å². The van der Waals surface area contributed by atoms with Crippen LogP contribution in [0.25, 0.3) is 21.3 Å². The number of aromatic nitrogens is 2. The molecule has 0 amide bonds. The number of esters is 1. The fourth-order valence-corrected chi connectivity index (χ4v) is 3.37. The number of hydrogen-bond acceptors (Lipinski definition) is 5. The van der Waals surface area contributed by atoms with Gasteiger partial charge in [-0.1, -0.05) is 30.3 Å². The van der Waals surface area contributed by atoms with E-state index in [2.05, 4.69) is 9.97 Å². The van der Waals surface area contributed by atoms with E-state index in [1.54, 1.807) is 12.4 Å². The molecule has 2 aromatic heterocycles. The molecule has 0 saturated carbocycles. The standard InChI is InChI=1S/C20H14N2O2S/c23-19(24-18-8-7-14-4-1-2-5-15(14)10-18)11-17-13-25-20(22-17)16-6-3-9-21-12-16/h1-10,12-13H,11H2. The highest BCUT2D eigenvalue weighted by atomic mass is 32.1. The van der Waals surface area contributed by atoms with Crippen LogP contribution in [0.3, 0.4) is 0 Å². The van der Waals surface area contributed by atoms with Crippen LogP contribution in [-0.2, 0) is 11.2 Å². The van der Waals surface area contributed by atoms with Crippen molar-refractivity contribution in [2.24, 2.45) is 0 Å². The van der Waals surface area contributed by atoms with Gasteiger partial charge in [0.2, 0.25) is 0 Å². The average Bonchev–Trinajstić information content (AvgIpc) is 3.10. The second-order valence-electron chi connectivity index (χ2n) is 5.55. The van der Waals surface area contributed by atoms with Crippen molar-refractivity contribution < 1.29 is 9.53 Å². The first-order valence-corrected chi connectivity index (χ1v) is 8.70. The van der Waals surface area contributed by atoms with Crippen molar-refractivity contribution in [3.8, 4) is 16.3 Å². The van der Waals surface area contributed by atoms with E-state index in [4.69, 9.17) is 4.74 Å². The van der Waals surface area contributed by atoms with Gasteiger partial charge in [-0.2, -0.15) is 0 Å². The second kappa shape index (κ2) is 6.83. The van der Waals surface area contributed by atoms with E-state index in [9.17, 15) is 4.79 Å². The number of carbonyl (C=O) groups is 1. The van der Waals surface area contributed by atoms with Crippen LogP contribution in [-0.4, -0.2) is 15.9 Å². The fraction of sp³-hybridized carbons (Fsp3) is 0.0500. The van der Waals surface area contributed by atoms with E-state index in [0.717, 1.165) is 21.3 Å². The zero-order valence-electron chi connectivity index (χ0n) is 13.3. The quantitative estimate of drug-likeness (QED) is 0.403. The summed E-state index contributed by atoms with van der Waals surface area (Å²) in [5, 5.41) is 4.88. The van der Waals surface area contributed by atoms with Crippen LogP contribution in [0, 0.1) is 0 Å². The number of fused-ring (bicyclic) bond motifs is 1. The van der Waals surface area contributed by atoms with Gasteiger partial charge in [-0.3, -0.25) is 9.78 Å². The van der Waals surface area contributed by atoms with Gasteiger partial charge in [0.15, 0.2) is 0 Å². The third-order valence-electron chi connectivity index (χ3n) is 3.74. The summed E-state index contributed by atoms with van der Waals surface area (Å²) >= 11 is 1.49. The molecular formula is C20H14N2O2S. The van der Waals surface area contributed by atoms with Crippen molar-refractivity contribution in [3.05, 3.63) is 78.1 Å². The predicted molar refractivity (Wildman–Crippen MR) is 98.6 cm³/mol. The molecule has 0 unspecified atom stereocenters. The Hall–Kier alpha value is -3.05. The Balaban J connectivity index is 1.46. The zero-order chi connectivity index (χ0) is 17.1. The van der Waals surface area contributed by atoms with E-state index >= 15 is 0 Å². The summed E-state index contributed by atoms with van der Waals surface area (Å²) in [6.45, 7) is 0. The lowest BCUT2D eigenvalue weighted by atomic mass is 10.1. The van der Waals surface area contributed by atoms with Crippen LogP contribution in [0.4, 0.5) is 0 Å². The molecule has 4 rings (SSSR count). The molecular weight excluding hydrogens is 332 g/mol. The number of hydrogen-bond donors (Lipinski definition) is 0. The fourth-order valence-electron chi connectivity index (χ4n) is 2.56. The number of nitrogens with zero attached hydrogens (tertiary/aromatic N) is 2. The van der Waals surface area contributed by atoms with E-state index in [0.29, 0.717) is 11.4 Å². The first-order chi connectivity index (χ1) is 12.3. The van der Waals surface area contributed by atoms with Gasteiger partial charge in [-0.15, -0.1) is 11.3 Å². The zero-order valence-corrected chi connectivity index (χ0v) is 14.1. The lowest BCUT2D eigenvalue weighted by molar-refractivity contribution is -0.133. The molecule has 5 heteroatoms. The van der Waals surface area contributed by atoms with Crippen LogP contribution in [0.5, 0.6) is 5.75 Å². The molecule has 4 nitrogen and oxygen atoms in total. The van der Waals surface area contributed by atoms with Crippen molar-refractivity contribution in [1.82, 2.24) is 9.97 Å². The molecule has 0 radical (unpaired) electrons. The molecule has 0 N–H and O–H groups in total. The Morgan fingerprint density at radius 2 is 1.92 bits per heavy atom. The van der Waals surface area contributed by atoms with Crippen molar-refractivity contribution in [2.75, 3.05) is 0 Å². The van der Waals surface area contributed by atoms with Gasteiger partial charge in [0.25, 0.3) is 0 Å². The highest BCUT2D eigenvalue weighted by Gasteiger charge is 2.11. The summed E-state index contributed by atoms with van der Waals surface area (Å²) in [6, 6.07) is 17.4. The largest absolute Gasteiger partial charge is 0.426 e. The minimum atomic E-state index is -0.321. The smallest absolute Gasteiger partial charge is 0.317 e. The normalized spacial score (nSPS) is 10.7. The van der Waals surface area contributed by atoms with Crippen molar-refractivity contribution in [3.63, 3.8) is 0 Å². The van der Waals surface area contributed by atoms with E-state index in [1.807, 2.05) is 60.0 Å². The van der Waals surface area contributed by atoms with Crippen molar-refractivity contribution in [2.45, 2.75) is 6.42 Å². The number of thiazole rings is 1. The lowest BCUT2D eigenvalue weighted by Gasteiger charge is -2.05. The second-order valence-corrected chi connectivity index (χ2v) is 6.40. The third-order valence-corrected chi connectivity index (χ3v) is 4.68. The molecule has 0 atom stereocenters. The number of carbonyl (C=O) groups excluding carboxylic acids is 1. The summed E-state index contributed by atoms with van der Waals surface area (Å²) in [5.74, 6) is 0.227. The number of pyridine rings is 1. The lowest BCUT2D eigenvalue weighted by Crippen LogP contribution is -2.11. The van der Waals surface area contributed by atoms with E-state index < -0.39 is 0 Å². The molecule has 0 aliphatic rings. The molecule has 0 aliphatic heterocycles. The van der Waals surface area contributed by atoms with Crippen LogP contribution in [0.1, 0.15) is 5.69 Å². The van der Waals surface area contributed by atoms with E-state index in [1.165, 1.54) is 11.3 Å². The monoisotopic (exact) mass is 346 g/mol. The average molecular weight is 346 g/mol. The minimum Gasteiger partial charge on any atom is -0.426 e. The van der Waals surface area contributed by atoms with Crippen molar-refractivity contribution >= 4 is 28.1 Å². The first-order valence-electron chi connectivity index (χ1n) is 7.82. The SMILES string of the molecule is O=C(Cc1csc(-c2cccnc2)n1)Oc1ccc2ccccc2c1. The molecule has 4 aromatic rings. The van der Waals surface area contributed by atoms with Gasteiger partial charge in [-0.05, 0) is 35.0 Å². The van der Waals surface area contributed by atoms with Gasteiger partial charge >= 0.3 is 5.97 Å². The molecule has 25 heavy (non-hydrogen) atoms. The summed E-state index contributed by atoms with van der Waals surface area (Å²) in [5.41, 5.74) is 1.65. The van der Waals surface area contributed by atoms with Crippen LogP contribution in [0.2, 0.25) is 0 Å². The molecule has 2 heterocycles. The first kappa shape index (κ1) is 15.5. The van der Waals surface area contributed by atoms with Gasteiger partial charge in [-0.25, -0.2) is 4.98 Å². The highest BCUT2D eigenvalue weighted by molar-refractivity contribution is 7.13. The predicted octanol–water partition coefficient (Wildman–Crippen LogP) is 4.51. The van der Waals surface area contributed by atoms with Crippen LogP contribution < -0.4 is 4.74 Å². The number of rotatable bonds is 4. The molecule has 122 valence electrons. The van der Waals surface area contributed by atoms with Crippen LogP contribution >= 0.6 is 11.3 Å². The molecule has 2 aromatic carbocycles. The van der Waals surface area contributed by atoms with Crippen LogP contribution in [0.15, 0.2) is 72.4 Å². The molecule has 0 saturated heterocycles. The number of benzene rings is 2. The van der Waals surface area contributed by atoms with Crippen molar-refractivity contribution in [1.29, 1.82) is 0 Å². The summed E-state index contributed by atoms with van der Waals surface area (Å²) in [7, 11) is 0. The third kappa shape index (κ3) is 3.56. The Morgan fingerprint density at radius 1 is 1.04 bits per heavy atom. The van der Waals surface area contributed by atoms with Gasteiger partial charge in [0.1, 0.15) is 10.8 Å². The maximum Gasteiger partial charge on any atom is 0.317 e. The Morgan fingerprint density at radius 3 is 2.76 bits per heavy atom. The van der Waals surface area contributed by atoms with Gasteiger partial charge < -0.3 is 4.74 Å². The van der Waals surface area contributed by atoms with Gasteiger partial charge in [0.05, 0.1) is 12.1 Å². The Labute approximate surface area is 148 Å². The molecule has 0 fully saturated rings. The minimum absolute atomic E-state index is 0.142. The molecule has 0 spiro atoms. The summed E-state index contributed by atoms with van der Waals surface area (Å²) < 4.78 is 5.45. The molecule has 0 aliphatic carbocycles. The summed E-state index contributed by atoms with van der Waals surface area (Å²) in [6.07, 6.45) is 3.62. The number of ether oxygens (including phenoxy) is 1. The maximum absolute atomic E-state index is 12.2. The highest BCUT2D eigenvalue weighted by Crippen LogP contribution is 2.24. The molecule has 0 bridgehead atoms. The Kier molecular flexibility index (Phi) is 4.23. The summed E-state index contributed by atoms with van der Waals surface area (Å²) in [4.78, 5) is 20.8. The topological polar surface area (TPSA) is 52.1 Å².